The number of aliphatic carboxylic acids is 1. The molecule has 0 aliphatic heterocycles. The van der Waals surface area contributed by atoms with Gasteiger partial charge in [-0.3, -0.25) is 14.3 Å². The number of carboxylic acid groups (broad SMARTS) is 1. The molecule has 1 aromatic heterocycles. The van der Waals surface area contributed by atoms with E-state index in [-0.39, 0.29) is 24.3 Å². The van der Waals surface area contributed by atoms with Crippen molar-refractivity contribution in [2.24, 2.45) is 7.05 Å². The Balaban J connectivity index is 1.70. The third-order valence-electron chi connectivity index (χ3n) is 6.47. The highest BCUT2D eigenvalue weighted by Gasteiger charge is 2.28. The van der Waals surface area contributed by atoms with Gasteiger partial charge >= 0.3 is 11.7 Å². The fraction of sp³-hybridized carbons (Fsp3) is 0.214. The Hall–Kier alpha value is -4.85. The number of nitrogens with one attached hydrogen (secondary N) is 2. The van der Waals surface area contributed by atoms with Gasteiger partial charge in [0.2, 0.25) is 10.0 Å². The lowest BCUT2D eigenvalue weighted by atomic mass is 9.97. The van der Waals surface area contributed by atoms with Crippen molar-refractivity contribution in [1.29, 1.82) is 0 Å². The number of amides is 1. The lowest BCUT2D eigenvalue weighted by Crippen LogP contribution is -2.43. The minimum absolute atomic E-state index is 0.222. The standard InChI is InChI=1S/C28H26F2N4O7S/c1-3-14-42(40,41)32-20-11-10-19(29)24(25(20)30)26(36)31-21(27(37)38)15-16-6-4-8-18-17(16)7-5-9-22(18)34-23(35)12-13-33(2)28(34)39/h4-13,21,32H,3,14-15H2,1-2H3,(H,31,36)(H,37,38)/t21-/m0/s1. The van der Waals surface area contributed by atoms with Gasteiger partial charge < -0.3 is 15.0 Å². The Morgan fingerprint density at radius 1 is 1.00 bits per heavy atom. The number of carbonyl (C=O) groups is 2. The summed E-state index contributed by atoms with van der Waals surface area (Å²) in [6.45, 7) is 1.59. The predicted molar refractivity (Wildman–Crippen MR) is 151 cm³/mol. The molecule has 4 aromatic rings. The van der Waals surface area contributed by atoms with E-state index in [2.05, 4.69) is 5.32 Å². The van der Waals surface area contributed by atoms with Gasteiger partial charge in [0, 0.05) is 31.1 Å². The first-order valence-corrected chi connectivity index (χ1v) is 14.3. The number of aryl methyl sites for hydroxylation is 1. The van der Waals surface area contributed by atoms with Crippen molar-refractivity contribution in [2.75, 3.05) is 10.5 Å². The average Bonchev–Trinajstić information content (AvgIpc) is 2.92. The van der Waals surface area contributed by atoms with Crippen molar-refractivity contribution < 1.29 is 31.9 Å². The number of rotatable bonds is 10. The number of halogens is 2. The smallest absolute Gasteiger partial charge is 0.335 e. The maximum atomic E-state index is 15.1. The van der Waals surface area contributed by atoms with Crippen molar-refractivity contribution in [3.05, 3.63) is 104 Å². The molecule has 0 saturated heterocycles. The quantitative estimate of drug-likeness (QED) is 0.253. The SMILES string of the molecule is CCCS(=O)(=O)Nc1ccc(F)c(C(=O)N[C@@H](Cc2cccc3c(-n4c(=O)ccn(C)c4=O)cccc23)C(=O)O)c1F. The van der Waals surface area contributed by atoms with E-state index in [0.717, 1.165) is 10.6 Å². The Morgan fingerprint density at radius 3 is 2.38 bits per heavy atom. The number of carboxylic acids is 1. The number of benzene rings is 3. The topological polar surface area (TPSA) is 157 Å². The lowest BCUT2D eigenvalue weighted by molar-refractivity contribution is -0.139. The van der Waals surface area contributed by atoms with E-state index in [9.17, 15) is 37.1 Å². The molecule has 0 bridgehead atoms. The van der Waals surface area contributed by atoms with Gasteiger partial charge in [-0.15, -0.1) is 0 Å². The molecule has 220 valence electrons. The van der Waals surface area contributed by atoms with Crippen LogP contribution in [0.4, 0.5) is 14.5 Å². The number of hydrogen-bond acceptors (Lipinski definition) is 6. The number of nitrogens with zero attached hydrogens (tertiary/aromatic N) is 2. The highest BCUT2D eigenvalue weighted by molar-refractivity contribution is 7.92. The summed E-state index contributed by atoms with van der Waals surface area (Å²) in [7, 11) is -2.49. The zero-order chi connectivity index (χ0) is 30.8. The van der Waals surface area contributed by atoms with Gasteiger partial charge in [-0.25, -0.2) is 31.4 Å². The van der Waals surface area contributed by atoms with Crippen LogP contribution in [-0.4, -0.2) is 46.3 Å². The van der Waals surface area contributed by atoms with Crippen molar-refractivity contribution in [1.82, 2.24) is 14.5 Å². The molecular weight excluding hydrogens is 574 g/mol. The van der Waals surface area contributed by atoms with E-state index >= 15 is 4.39 Å². The number of sulfonamides is 1. The largest absolute Gasteiger partial charge is 0.480 e. The summed E-state index contributed by atoms with van der Waals surface area (Å²) < 4.78 is 58.0. The number of anilines is 1. The number of aromatic nitrogens is 2. The maximum absolute atomic E-state index is 15.1. The highest BCUT2D eigenvalue weighted by atomic mass is 32.2. The van der Waals surface area contributed by atoms with E-state index in [1.165, 1.54) is 23.9 Å². The second kappa shape index (κ2) is 11.9. The third kappa shape index (κ3) is 6.07. The molecule has 0 spiro atoms. The van der Waals surface area contributed by atoms with Crippen molar-refractivity contribution >= 4 is 38.4 Å². The predicted octanol–water partition coefficient (Wildman–Crippen LogP) is 2.54. The normalized spacial score (nSPS) is 12.2. The maximum Gasteiger partial charge on any atom is 0.335 e. The minimum Gasteiger partial charge on any atom is -0.480 e. The molecule has 0 fully saturated rings. The average molecular weight is 601 g/mol. The molecule has 3 N–H and O–H groups in total. The fourth-order valence-electron chi connectivity index (χ4n) is 4.50. The van der Waals surface area contributed by atoms with Crippen LogP contribution in [0.5, 0.6) is 0 Å². The highest BCUT2D eigenvalue weighted by Crippen LogP contribution is 2.26. The van der Waals surface area contributed by atoms with E-state index in [0.29, 0.717) is 22.4 Å². The van der Waals surface area contributed by atoms with Crippen LogP contribution in [0.15, 0.2) is 70.4 Å². The zero-order valence-corrected chi connectivity index (χ0v) is 23.2. The van der Waals surface area contributed by atoms with Crippen LogP contribution in [0.1, 0.15) is 29.3 Å². The molecule has 0 aliphatic rings. The van der Waals surface area contributed by atoms with E-state index in [4.69, 9.17) is 0 Å². The summed E-state index contributed by atoms with van der Waals surface area (Å²) in [4.78, 5) is 50.4. The molecule has 0 unspecified atom stereocenters. The Morgan fingerprint density at radius 2 is 1.69 bits per heavy atom. The van der Waals surface area contributed by atoms with Crippen LogP contribution in [0, 0.1) is 11.6 Å². The summed E-state index contributed by atoms with van der Waals surface area (Å²) >= 11 is 0. The molecule has 1 heterocycles. The van der Waals surface area contributed by atoms with Crippen molar-refractivity contribution in [2.45, 2.75) is 25.8 Å². The van der Waals surface area contributed by atoms with E-state index in [1.807, 2.05) is 4.72 Å². The molecule has 1 amide bonds. The van der Waals surface area contributed by atoms with Crippen LogP contribution < -0.4 is 21.3 Å². The number of fused-ring (bicyclic) bond motifs is 1. The number of hydrogen-bond donors (Lipinski definition) is 3. The molecule has 11 nitrogen and oxygen atoms in total. The molecule has 3 aromatic carbocycles. The molecule has 14 heteroatoms. The minimum atomic E-state index is -3.97. The van der Waals surface area contributed by atoms with Crippen molar-refractivity contribution in [3.8, 4) is 5.69 Å². The van der Waals surface area contributed by atoms with Crippen LogP contribution in [-0.2, 0) is 28.3 Å². The Bertz CT molecular complexity index is 1940. The van der Waals surface area contributed by atoms with Gasteiger partial charge in [0.25, 0.3) is 11.5 Å². The first-order valence-electron chi connectivity index (χ1n) is 12.7. The Kier molecular flexibility index (Phi) is 8.56. The van der Waals surface area contributed by atoms with Crippen LogP contribution >= 0.6 is 0 Å². The molecular formula is C28H26F2N4O7S. The Labute approximate surface area is 238 Å². The fourth-order valence-corrected chi connectivity index (χ4v) is 5.63. The van der Waals surface area contributed by atoms with Crippen LogP contribution in [0.3, 0.4) is 0 Å². The number of carbonyl (C=O) groups excluding carboxylic acids is 1. The molecule has 0 saturated carbocycles. The monoisotopic (exact) mass is 600 g/mol. The molecule has 0 aliphatic carbocycles. The zero-order valence-electron chi connectivity index (χ0n) is 22.4. The first-order chi connectivity index (χ1) is 19.8. The second-order valence-corrected chi connectivity index (χ2v) is 11.3. The van der Waals surface area contributed by atoms with E-state index < -0.39 is 62.1 Å². The molecule has 1 atom stereocenters. The first kappa shape index (κ1) is 30.1. The van der Waals surface area contributed by atoms with Gasteiger partial charge in [0.1, 0.15) is 17.4 Å². The van der Waals surface area contributed by atoms with Crippen LogP contribution in [0.2, 0.25) is 0 Å². The lowest BCUT2D eigenvalue weighted by Gasteiger charge is -2.18. The molecule has 0 radical (unpaired) electrons. The third-order valence-corrected chi connectivity index (χ3v) is 7.94. The molecule has 42 heavy (non-hydrogen) atoms. The van der Waals surface area contributed by atoms with Gasteiger partial charge in [0.15, 0.2) is 5.82 Å². The summed E-state index contributed by atoms with van der Waals surface area (Å²) in [5, 5.41) is 12.9. The van der Waals surface area contributed by atoms with E-state index in [1.54, 1.807) is 43.3 Å². The van der Waals surface area contributed by atoms with Gasteiger partial charge in [-0.2, -0.15) is 0 Å². The molecule has 4 rings (SSSR count). The van der Waals surface area contributed by atoms with Crippen molar-refractivity contribution in [3.63, 3.8) is 0 Å². The van der Waals surface area contributed by atoms with Gasteiger partial charge in [0.05, 0.1) is 17.1 Å². The summed E-state index contributed by atoms with van der Waals surface area (Å²) in [6, 6.07) is 10.6. The van der Waals surface area contributed by atoms with Crippen LogP contribution in [0.25, 0.3) is 16.5 Å². The summed E-state index contributed by atoms with van der Waals surface area (Å²) in [6.07, 6.45) is 1.22. The summed E-state index contributed by atoms with van der Waals surface area (Å²) in [5.74, 6) is -6.08. The second-order valence-electron chi connectivity index (χ2n) is 9.45. The van der Waals surface area contributed by atoms with Gasteiger partial charge in [-0.1, -0.05) is 37.3 Å². The summed E-state index contributed by atoms with van der Waals surface area (Å²) in [5.41, 5.74) is -2.34. The van der Waals surface area contributed by atoms with Gasteiger partial charge in [-0.05, 0) is 35.6 Å².